The minimum atomic E-state index is -1.59. The zero-order valence-corrected chi connectivity index (χ0v) is 35.2. The molecule has 0 saturated carbocycles. The summed E-state index contributed by atoms with van der Waals surface area (Å²) in [6, 6.07) is -8.65. The molecule has 2 aliphatic rings. The van der Waals surface area contributed by atoms with Gasteiger partial charge < -0.3 is 74.2 Å². The summed E-state index contributed by atoms with van der Waals surface area (Å²) in [5.41, 5.74) is 16.6. The highest BCUT2D eigenvalue weighted by molar-refractivity contribution is 5.98. The molecule has 15 N–H and O–H groups in total. The average molecular weight is 869 g/mol. The van der Waals surface area contributed by atoms with E-state index < -0.39 is 128 Å². The molecule has 61 heavy (non-hydrogen) atoms. The highest BCUT2D eigenvalue weighted by Gasteiger charge is 2.44. The molecule has 7 atom stereocenters. The van der Waals surface area contributed by atoms with Gasteiger partial charge in [-0.25, -0.2) is 4.79 Å². The van der Waals surface area contributed by atoms with E-state index in [9.17, 15) is 58.5 Å². The molecule has 0 radical (unpaired) electrons. The molecule has 0 unspecified atom stereocenters. The third-order valence-corrected chi connectivity index (χ3v) is 10.0. The lowest BCUT2D eigenvalue weighted by atomic mass is 10.0. The first-order valence-electron chi connectivity index (χ1n) is 20.3. The lowest BCUT2D eigenvalue weighted by molar-refractivity contribution is -0.148. The van der Waals surface area contributed by atoms with Crippen LogP contribution in [-0.2, 0) is 43.2 Å². The zero-order valence-electron chi connectivity index (χ0n) is 35.2. The van der Waals surface area contributed by atoms with Crippen LogP contribution in [0.5, 0.6) is 0 Å². The third-order valence-electron chi connectivity index (χ3n) is 10.0. The summed E-state index contributed by atoms with van der Waals surface area (Å²) in [5.74, 6) is -7.87. The monoisotopic (exact) mass is 868 g/mol. The number of carboxylic acids is 1. The minimum Gasteiger partial charge on any atom is -0.480 e. The van der Waals surface area contributed by atoms with Gasteiger partial charge in [0.2, 0.25) is 47.3 Å². The normalized spacial score (nSPS) is 18.6. The number of carbonyl (C=O) groups excluding carboxylic acids is 8. The van der Waals surface area contributed by atoms with Crippen LogP contribution in [0.25, 0.3) is 0 Å². The first kappa shape index (κ1) is 51.5. The van der Waals surface area contributed by atoms with Gasteiger partial charge in [-0.3, -0.25) is 43.3 Å². The Labute approximate surface area is 353 Å². The number of hydrogen-bond donors (Lipinski definition) is 12. The van der Waals surface area contributed by atoms with Crippen molar-refractivity contribution in [2.24, 2.45) is 34.0 Å². The van der Waals surface area contributed by atoms with Crippen molar-refractivity contribution in [2.45, 2.75) is 115 Å². The van der Waals surface area contributed by atoms with Gasteiger partial charge in [-0.15, -0.1) is 0 Å². The van der Waals surface area contributed by atoms with Crippen LogP contribution < -0.4 is 49.1 Å². The Morgan fingerprint density at radius 3 is 1.85 bits per heavy atom. The van der Waals surface area contributed by atoms with E-state index in [1.165, 1.54) is 9.80 Å². The second-order valence-electron chi connectivity index (χ2n) is 15.7. The number of likely N-dealkylation sites (tertiary alicyclic amines) is 2. The van der Waals surface area contributed by atoms with Gasteiger partial charge in [0.1, 0.15) is 36.3 Å². The molecule has 0 aromatic rings. The van der Waals surface area contributed by atoms with Crippen LogP contribution in [0.4, 0.5) is 0 Å². The molecule has 344 valence electrons. The zero-order chi connectivity index (χ0) is 46.0. The van der Waals surface area contributed by atoms with Gasteiger partial charge in [0.15, 0.2) is 5.96 Å². The van der Waals surface area contributed by atoms with Gasteiger partial charge in [0.25, 0.3) is 0 Å². The fraction of sp³-hybridized carbons (Fsp3) is 0.730. The number of aliphatic hydroxyl groups is 2. The van der Waals surface area contributed by atoms with E-state index in [4.69, 9.17) is 17.2 Å². The number of aliphatic carboxylic acids is 1. The maximum atomic E-state index is 13.9. The number of rotatable bonds is 24. The number of nitrogens with zero attached hydrogens (tertiary/aromatic N) is 3. The van der Waals surface area contributed by atoms with Gasteiger partial charge in [0, 0.05) is 19.6 Å². The Hall–Kier alpha value is -5.62. The molecule has 0 aromatic heterocycles. The molecule has 2 rings (SSSR count). The summed E-state index contributed by atoms with van der Waals surface area (Å²) >= 11 is 0. The van der Waals surface area contributed by atoms with Gasteiger partial charge >= 0.3 is 5.97 Å². The Morgan fingerprint density at radius 1 is 0.721 bits per heavy atom. The lowest BCUT2D eigenvalue weighted by Gasteiger charge is -2.33. The van der Waals surface area contributed by atoms with Crippen molar-refractivity contribution < 1.29 is 58.5 Å². The Bertz CT molecular complexity index is 1610. The van der Waals surface area contributed by atoms with Crippen molar-refractivity contribution in [2.75, 3.05) is 45.9 Å². The Kier molecular flexibility index (Phi) is 21.3. The third kappa shape index (κ3) is 16.4. The van der Waals surface area contributed by atoms with Crippen LogP contribution in [0.15, 0.2) is 4.99 Å². The van der Waals surface area contributed by atoms with Crippen molar-refractivity contribution in [1.82, 2.24) is 41.7 Å². The smallest absolute Gasteiger partial charge is 0.326 e. The second-order valence-corrected chi connectivity index (χ2v) is 15.7. The van der Waals surface area contributed by atoms with Crippen molar-refractivity contribution in [3.63, 3.8) is 0 Å². The fourth-order valence-electron chi connectivity index (χ4n) is 6.86. The van der Waals surface area contributed by atoms with Gasteiger partial charge in [-0.1, -0.05) is 27.7 Å². The molecule has 0 aromatic carbocycles. The van der Waals surface area contributed by atoms with E-state index in [2.05, 4.69) is 36.9 Å². The van der Waals surface area contributed by atoms with Crippen LogP contribution in [0.2, 0.25) is 0 Å². The van der Waals surface area contributed by atoms with E-state index in [0.717, 1.165) is 0 Å². The molecule has 2 saturated heterocycles. The standard InChI is InChI=1S/C37H64N12O12/c1-19(2)14-21(38)30(54)42-15-27(52)44-23(17-50)32(56)45-22(8-5-11-41-37(39)40)31(55)46-24(18-51)34(58)49-13-7-10-26(49)35(59)48-12-6-9-25(48)33(57)43-16-28(53)47-29(20(3)4)36(60)61/h19-26,29,50-51H,5-18,38H2,1-4H3,(H,42,54)(H,43,57)(H,44,52)(H,45,56)(H,46,55)(H,47,53)(H,60,61)(H4,39,40,41)/t21-,22-,23-,24-,25-,26-,29-/m0/s1. The molecule has 2 heterocycles. The summed E-state index contributed by atoms with van der Waals surface area (Å²) in [5, 5.41) is 43.8. The molecular formula is C37H64N12O12. The van der Waals surface area contributed by atoms with Crippen molar-refractivity contribution in [1.29, 1.82) is 0 Å². The minimum absolute atomic E-state index is 0.0345. The topological polar surface area (TPSA) is 383 Å². The number of aliphatic hydroxyl groups excluding tert-OH is 2. The van der Waals surface area contributed by atoms with Gasteiger partial charge in [-0.2, -0.15) is 0 Å². The van der Waals surface area contributed by atoms with E-state index in [1.54, 1.807) is 13.8 Å². The first-order valence-corrected chi connectivity index (χ1v) is 20.3. The number of aliphatic imine (C=N–C) groups is 1. The molecule has 2 fully saturated rings. The Balaban J connectivity index is 2.13. The quantitative estimate of drug-likeness (QED) is 0.0244. The van der Waals surface area contributed by atoms with Gasteiger partial charge in [-0.05, 0) is 56.8 Å². The largest absolute Gasteiger partial charge is 0.480 e. The summed E-state index contributed by atoms with van der Waals surface area (Å²) in [7, 11) is 0. The van der Waals surface area contributed by atoms with E-state index >= 15 is 0 Å². The van der Waals surface area contributed by atoms with Gasteiger partial charge in [0.05, 0.1) is 32.3 Å². The van der Waals surface area contributed by atoms with Crippen LogP contribution in [-0.4, -0.2) is 173 Å². The predicted molar refractivity (Wildman–Crippen MR) is 217 cm³/mol. The maximum Gasteiger partial charge on any atom is 0.326 e. The van der Waals surface area contributed by atoms with Crippen LogP contribution in [0.1, 0.15) is 72.6 Å². The maximum absolute atomic E-state index is 13.9. The molecule has 0 bridgehead atoms. The Morgan fingerprint density at radius 2 is 1.28 bits per heavy atom. The number of guanidine groups is 1. The van der Waals surface area contributed by atoms with Crippen LogP contribution >= 0.6 is 0 Å². The van der Waals surface area contributed by atoms with E-state index in [-0.39, 0.29) is 57.2 Å². The SMILES string of the molecule is CC(C)C[C@H](N)C(=O)NCC(=O)N[C@@H](CO)C(=O)N[C@@H](CCCN=C(N)N)C(=O)N[C@@H](CO)C(=O)N1CCC[C@H]1C(=O)N1CCC[C@H]1C(=O)NCC(=O)N[C@H](C(=O)O)C(C)C. The number of carbonyl (C=O) groups is 9. The summed E-state index contributed by atoms with van der Waals surface area (Å²) < 4.78 is 0. The summed E-state index contributed by atoms with van der Waals surface area (Å²) in [6.07, 6.45) is 1.68. The lowest BCUT2D eigenvalue weighted by Crippen LogP contribution is -2.60. The summed E-state index contributed by atoms with van der Waals surface area (Å²) in [4.78, 5) is 123. The highest BCUT2D eigenvalue weighted by atomic mass is 16.4. The summed E-state index contributed by atoms with van der Waals surface area (Å²) in [6.45, 7) is 4.35. The molecule has 24 heteroatoms. The highest BCUT2D eigenvalue weighted by Crippen LogP contribution is 2.25. The first-order chi connectivity index (χ1) is 28.7. The fourth-order valence-corrected chi connectivity index (χ4v) is 6.86. The molecular weight excluding hydrogens is 804 g/mol. The van der Waals surface area contributed by atoms with Crippen LogP contribution in [0.3, 0.4) is 0 Å². The predicted octanol–water partition coefficient (Wildman–Crippen LogP) is -5.71. The number of nitrogens with one attached hydrogen (secondary N) is 6. The van der Waals surface area contributed by atoms with Crippen molar-refractivity contribution in [3.05, 3.63) is 0 Å². The molecule has 8 amide bonds. The second kappa shape index (κ2) is 25.2. The van der Waals surface area contributed by atoms with Crippen molar-refractivity contribution >= 4 is 59.2 Å². The number of amides is 8. The van der Waals surface area contributed by atoms with Crippen molar-refractivity contribution in [3.8, 4) is 0 Å². The van der Waals surface area contributed by atoms with E-state index in [1.807, 2.05) is 13.8 Å². The number of hydrogen-bond acceptors (Lipinski definition) is 13. The molecule has 0 aliphatic carbocycles. The average Bonchev–Trinajstić information content (AvgIpc) is 3.90. The number of carboxylic acid groups (broad SMARTS) is 1. The molecule has 0 spiro atoms. The van der Waals surface area contributed by atoms with Crippen LogP contribution in [0, 0.1) is 11.8 Å². The molecule has 2 aliphatic heterocycles. The molecule has 24 nitrogen and oxygen atoms in total. The van der Waals surface area contributed by atoms with E-state index in [0.29, 0.717) is 19.3 Å². The number of nitrogens with two attached hydrogens (primary N) is 3.